The number of hydrogen-bond donors (Lipinski definition) is 4. The number of aliphatic hydroxyl groups is 1. The Bertz CT molecular complexity index is 1270. The van der Waals surface area contributed by atoms with Crippen molar-refractivity contribution in [2.75, 3.05) is 32.1 Å². The monoisotopic (exact) mass is 561 g/mol. The number of rotatable bonds is 10. The third-order valence-electron chi connectivity index (χ3n) is 7.11. The van der Waals surface area contributed by atoms with Crippen molar-refractivity contribution in [2.24, 2.45) is 0 Å². The summed E-state index contributed by atoms with van der Waals surface area (Å²) in [5.41, 5.74) is 3.09. The van der Waals surface area contributed by atoms with Gasteiger partial charge in [0.2, 0.25) is 5.91 Å². The van der Waals surface area contributed by atoms with Crippen molar-refractivity contribution in [3.8, 4) is 0 Å². The molecule has 1 aliphatic heterocycles. The number of hydrogen-bond acceptors (Lipinski definition) is 6. The first-order chi connectivity index (χ1) is 19.9. The highest BCUT2D eigenvalue weighted by atomic mass is 16.5. The Balaban J connectivity index is 1.57. The SMILES string of the molecule is COC(=O)N[C@H](C(=O)Nc1ccccc1CCC1CN(C(=O)O)C[C@@H](CO)O1)C(c1ccccc1)c1ccccc1. The van der Waals surface area contributed by atoms with Crippen LogP contribution in [0.5, 0.6) is 0 Å². The molecule has 10 nitrogen and oxygen atoms in total. The fourth-order valence-corrected chi connectivity index (χ4v) is 5.11. The number of carboxylic acid groups (broad SMARTS) is 1. The van der Waals surface area contributed by atoms with Crippen LogP contribution in [0.1, 0.15) is 29.0 Å². The Morgan fingerprint density at radius 3 is 2.10 bits per heavy atom. The second-order valence-corrected chi connectivity index (χ2v) is 9.85. The maximum atomic E-state index is 13.9. The predicted octanol–water partition coefficient (Wildman–Crippen LogP) is 3.85. The molecular formula is C31H35N3O7. The summed E-state index contributed by atoms with van der Waals surface area (Å²) in [6.45, 7) is 0.0420. The van der Waals surface area contributed by atoms with Gasteiger partial charge in [-0.15, -0.1) is 0 Å². The number of para-hydroxylation sites is 1. The van der Waals surface area contributed by atoms with E-state index in [-0.39, 0.29) is 19.7 Å². The maximum Gasteiger partial charge on any atom is 0.407 e. The van der Waals surface area contributed by atoms with Gasteiger partial charge in [0.25, 0.3) is 0 Å². The average Bonchev–Trinajstić information content (AvgIpc) is 3.01. The van der Waals surface area contributed by atoms with E-state index in [0.29, 0.717) is 18.5 Å². The van der Waals surface area contributed by atoms with Crippen molar-refractivity contribution in [1.29, 1.82) is 0 Å². The molecule has 0 aliphatic carbocycles. The normalized spacial score (nSPS) is 17.5. The van der Waals surface area contributed by atoms with Gasteiger partial charge in [0.15, 0.2) is 0 Å². The zero-order valence-electron chi connectivity index (χ0n) is 22.8. The lowest BCUT2D eigenvalue weighted by molar-refractivity contribution is -0.118. The largest absolute Gasteiger partial charge is 0.465 e. The molecule has 3 amide bonds. The number of amides is 3. The number of nitrogens with one attached hydrogen (secondary N) is 2. The third kappa shape index (κ3) is 7.84. The van der Waals surface area contributed by atoms with E-state index in [9.17, 15) is 24.6 Å². The fraction of sp³-hybridized carbons (Fsp3) is 0.323. The van der Waals surface area contributed by atoms with Gasteiger partial charge < -0.3 is 35.2 Å². The lowest BCUT2D eigenvalue weighted by atomic mass is 9.84. The lowest BCUT2D eigenvalue weighted by Gasteiger charge is -2.36. The second kappa shape index (κ2) is 14.3. The van der Waals surface area contributed by atoms with E-state index in [1.165, 1.54) is 12.0 Å². The minimum absolute atomic E-state index is 0.119. The molecular weight excluding hydrogens is 526 g/mol. The number of alkyl carbamates (subject to hydrolysis) is 1. The van der Waals surface area contributed by atoms with Gasteiger partial charge >= 0.3 is 12.2 Å². The molecule has 3 aromatic rings. The molecule has 1 heterocycles. The number of ether oxygens (including phenoxy) is 2. The van der Waals surface area contributed by atoms with Crippen molar-refractivity contribution in [2.45, 2.75) is 37.0 Å². The highest BCUT2D eigenvalue weighted by molar-refractivity contribution is 5.98. The molecule has 216 valence electrons. The molecule has 1 aliphatic rings. The summed E-state index contributed by atoms with van der Waals surface area (Å²) in [6, 6.07) is 25.3. The first-order valence-corrected chi connectivity index (χ1v) is 13.5. The number of morpholine rings is 1. The van der Waals surface area contributed by atoms with Crippen molar-refractivity contribution in [1.82, 2.24) is 10.2 Å². The van der Waals surface area contributed by atoms with Gasteiger partial charge in [-0.3, -0.25) is 4.79 Å². The van der Waals surface area contributed by atoms with E-state index < -0.39 is 42.3 Å². The Labute approximate surface area is 238 Å². The molecule has 3 atom stereocenters. The fourth-order valence-electron chi connectivity index (χ4n) is 5.11. The number of benzene rings is 3. The summed E-state index contributed by atoms with van der Waals surface area (Å²) in [4.78, 5) is 39.1. The molecule has 4 rings (SSSR count). The summed E-state index contributed by atoms with van der Waals surface area (Å²) in [5, 5.41) is 24.7. The third-order valence-corrected chi connectivity index (χ3v) is 7.11. The zero-order valence-corrected chi connectivity index (χ0v) is 22.8. The molecule has 1 fully saturated rings. The van der Waals surface area contributed by atoms with Crippen LogP contribution in [0.4, 0.5) is 15.3 Å². The summed E-state index contributed by atoms with van der Waals surface area (Å²) in [6.07, 6.45) is -1.81. The maximum absolute atomic E-state index is 13.9. The van der Waals surface area contributed by atoms with E-state index in [1.807, 2.05) is 72.8 Å². The van der Waals surface area contributed by atoms with Crippen LogP contribution in [-0.4, -0.2) is 78.3 Å². The van der Waals surface area contributed by atoms with E-state index in [0.717, 1.165) is 16.7 Å². The number of aryl methyl sites for hydroxylation is 1. The van der Waals surface area contributed by atoms with E-state index in [2.05, 4.69) is 10.6 Å². The Morgan fingerprint density at radius 2 is 1.51 bits per heavy atom. The highest BCUT2D eigenvalue weighted by Gasteiger charge is 2.34. The first-order valence-electron chi connectivity index (χ1n) is 13.5. The van der Waals surface area contributed by atoms with E-state index >= 15 is 0 Å². The van der Waals surface area contributed by atoms with Crippen LogP contribution in [0.15, 0.2) is 84.9 Å². The molecule has 41 heavy (non-hydrogen) atoms. The smallest absolute Gasteiger partial charge is 0.407 e. The molecule has 4 N–H and O–H groups in total. The number of carbonyl (C=O) groups is 3. The summed E-state index contributed by atoms with van der Waals surface area (Å²) < 4.78 is 10.7. The van der Waals surface area contributed by atoms with Crippen LogP contribution in [0, 0.1) is 0 Å². The topological polar surface area (TPSA) is 137 Å². The van der Waals surface area contributed by atoms with Crippen molar-refractivity contribution in [3.63, 3.8) is 0 Å². The van der Waals surface area contributed by atoms with Crippen LogP contribution < -0.4 is 10.6 Å². The molecule has 0 aromatic heterocycles. The molecule has 1 saturated heterocycles. The van der Waals surface area contributed by atoms with Gasteiger partial charge in [-0.1, -0.05) is 78.9 Å². The minimum Gasteiger partial charge on any atom is -0.465 e. The standard InChI is InChI=1S/C31H35N3O7/c1-40-30(37)33-28(27(22-11-4-2-5-12-22)23-13-6-3-7-14-23)29(36)32-26-15-9-8-10-21(26)16-17-24-18-34(31(38)39)19-25(20-35)41-24/h2-15,24-25,27-28,35H,16-20H2,1H3,(H,32,36)(H,33,37)(H,38,39)/t24?,25-,28-/m0/s1. The van der Waals surface area contributed by atoms with Crippen molar-refractivity contribution >= 4 is 23.8 Å². The van der Waals surface area contributed by atoms with E-state index in [1.54, 1.807) is 12.1 Å². The van der Waals surface area contributed by atoms with Gasteiger partial charge in [0, 0.05) is 11.6 Å². The summed E-state index contributed by atoms with van der Waals surface area (Å²) in [5.74, 6) is -0.927. The lowest BCUT2D eigenvalue weighted by Crippen LogP contribution is -2.50. The zero-order chi connectivity index (χ0) is 29.2. The van der Waals surface area contributed by atoms with E-state index in [4.69, 9.17) is 9.47 Å². The van der Waals surface area contributed by atoms with Crippen LogP contribution in [-0.2, 0) is 20.7 Å². The molecule has 0 saturated carbocycles. The Morgan fingerprint density at radius 1 is 0.927 bits per heavy atom. The Hall–Kier alpha value is -4.41. The molecule has 10 heteroatoms. The number of aliphatic hydroxyl groups excluding tert-OH is 1. The Kier molecular flexibility index (Phi) is 10.3. The second-order valence-electron chi connectivity index (χ2n) is 9.85. The van der Waals surface area contributed by atoms with Gasteiger partial charge in [-0.2, -0.15) is 0 Å². The molecule has 1 unspecified atom stereocenters. The first kappa shape index (κ1) is 29.6. The van der Waals surface area contributed by atoms with Crippen LogP contribution in [0.2, 0.25) is 0 Å². The highest BCUT2D eigenvalue weighted by Crippen LogP contribution is 2.30. The number of nitrogens with zero attached hydrogens (tertiary/aromatic N) is 1. The summed E-state index contributed by atoms with van der Waals surface area (Å²) in [7, 11) is 1.25. The average molecular weight is 562 g/mol. The van der Waals surface area contributed by atoms with Crippen molar-refractivity contribution in [3.05, 3.63) is 102 Å². The van der Waals surface area contributed by atoms with Crippen LogP contribution in [0.3, 0.4) is 0 Å². The summed E-state index contributed by atoms with van der Waals surface area (Å²) >= 11 is 0. The molecule has 0 radical (unpaired) electrons. The number of anilines is 1. The van der Waals surface area contributed by atoms with Crippen LogP contribution in [0.25, 0.3) is 0 Å². The molecule has 0 spiro atoms. The minimum atomic E-state index is -1.06. The van der Waals surface area contributed by atoms with Crippen LogP contribution >= 0.6 is 0 Å². The van der Waals surface area contributed by atoms with Gasteiger partial charge in [0.1, 0.15) is 6.04 Å². The van der Waals surface area contributed by atoms with Gasteiger partial charge in [-0.25, -0.2) is 9.59 Å². The molecule has 0 bridgehead atoms. The van der Waals surface area contributed by atoms with Gasteiger partial charge in [0.05, 0.1) is 39.0 Å². The molecule has 3 aromatic carbocycles. The van der Waals surface area contributed by atoms with Gasteiger partial charge in [-0.05, 0) is 35.6 Å². The number of methoxy groups -OCH3 is 1. The predicted molar refractivity (Wildman–Crippen MR) is 153 cm³/mol. The quantitative estimate of drug-likeness (QED) is 0.295. The number of carbonyl (C=O) groups excluding carboxylic acids is 2. The van der Waals surface area contributed by atoms with Crippen molar-refractivity contribution < 1.29 is 34.1 Å².